The molecule has 1 aromatic rings. The minimum Gasteiger partial charge on any atom is -0.343 e. The summed E-state index contributed by atoms with van der Waals surface area (Å²) in [6, 6.07) is 9.80. The van der Waals surface area contributed by atoms with Gasteiger partial charge in [0.25, 0.3) is 0 Å². The summed E-state index contributed by atoms with van der Waals surface area (Å²) in [4.78, 5) is 9.60. The van der Waals surface area contributed by atoms with Crippen LogP contribution in [0.15, 0.2) is 30.3 Å². The van der Waals surface area contributed by atoms with Crippen LogP contribution in [0.2, 0.25) is 0 Å². The molecule has 0 spiro atoms. The monoisotopic (exact) mass is 227 g/mol. The first kappa shape index (κ1) is 12.4. The highest BCUT2D eigenvalue weighted by molar-refractivity contribution is 7.57. The third-order valence-corrected chi connectivity index (χ3v) is 3.84. The molecule has 0 radical (unpaired) electrons. The molecule has 1 rings (SSSR count). The Morgan fingerprint density at radius 2 is 2.00 bits per heavy atom. The summed E-state index contributed by atoms with van der Waals surface area (Å²) in [5, 5.41) is 2.91. The average Bonchev–Trinajstić information content (AvgIpc) is 2.25. The van der Waals surface area contributed by atoms with Crippen molar-refractivity contribution in [3.05, 3.63) is 35.9 Å². The predicted molar refractivity (Wildman–Crippen MR) is 63.4 cm³/mol. The lowest BCUT2D eigenvalue weighted by atomic mass is 10.2. The van der Waals surface area contributed by atoms with E-state index in [1.807, 2.05) is 37.3 Å². The Labute approximate surface area is 91.0 Å². The second-order valence-electron chi connectivity index (χ2n) is 3.57. The number of benzene rings is 1. The molecule has 0 amide bonds. The van der Waals surface area contributed by atoms with Crippen molar-refractivity contribution >= 4 is 7.37 Å². The Morgan fingerprint density at radius 1 is 1.33 bits per heavy atom. The molecule has 0 fully saturated rings. The summed E-state index contributed by atoms with van der Waals surface area (Å²) in [5.41, 5.74) is 1.11. The maximum absolute atomic E-state index is 11.6. The molecule has 4 heteroatoms. The molecule has 15 heavy (non-hydrogen) atoms. The Morgan fingerprint density at radius 3 is 2.60 bits per heavy atom. The quantitative estimate of drug-likeness (QED) is 0.731. The molecule has 0 aromatic heterocycles. The van der Waals surface area contributed by atoms with Gasteiger partial charge in [0.2, 0.25) is 7.37 Å². The first-order valence-corrected chi connectivity index (χ1v) is 7.22. The van der Waals surface area contributed by atoms with Crippen LogP contribution in [0.3, 0.4) is 0 Å². The smallest absolute Gasteiger partial charge is 0.214 e. The Kier molecular flexibility index (Phi) is 5.03. The highest BCUT2D eigenvalue weighted by Crippen LogP contribution is 2.39. The van der Waals surface area contributed by atoms with E-state index in [9.17, 15) is 9.46 Å². The Bertz CT molecular complexity index is 327. The third kappa shape index (κ3) is 5.12. The van der Waals surface area contributed by atoms with Crippen LogP contribution in [-0.4, -0.2) is 23.9 Å². The van der Waals surface area contributed by atoms with Crippen molar-refractivity contribution in [2.75, 3.05) is 19.0 Å². The molecule has 0 aliphatic rings. The maximum Gasteiger partial charge on any atom is 0.214 e. The number of rotatable bonds is 6. The standard InChI is InChI=1S/C11H18NO2P/c1-2-12-10-15(13,14)9-8-11-6-4-3-5-7-11/h3-7,12H,2,8-10H2,1H3,(H,13,14). The third-order valence-electron chi connectivity index (χ3n) is 2.20. The summed E-state index contributed by atoms with van der Waals surface area (Å²) < 4.78 is 11.6. The lowest BCUT2D eigenvalue weighted by Crippen LogP contribution is -2.16. The molecule has 0 saturated heterocycles. The van der Waals surface area contributed by atoms with Crippen molar-refractivity contribution in [1.82, 2.24) is 5.32 Å². The molecule has 2 N–H and O–H groups in total. The molecule has 0 saturated carbocycles. The van der Waals surface area contributed by atoms with Gasteiger partial charge in [0, 0.05) is 6.16 Å². The molecular weight excluding hydrogens is 209 g/mol. The van der Waals surface area contributed by atoms with Crippen LogP contribution in [0.4, 0.5) is 0 Å². The van der Waals surface area contributed by atoms with Crippen LogP contribution < -0.4 is 5.32 Å². The zero-order valence-electron chi connectivity index (χ0n) is 9.02. The molecule has 1 aromatic carbocycles. The van der Waals surface area contributed by atoms with Crippen LogP contribution in [0.25, 0.3) is 0 Å². The summed E-state index contributed by atoms with van der Waals surface area (Å²) in [7, 11) is -2.99. The van der Waals surface area contributed by atoms with Crippen LogP contribution in [-0.2, 0) is 11.0 Å². The average molecular weight is 227 g/mol. The van der Waals surface area contributed by atoms with Crippen molar-refractivity contribution in [2.45, 2.75) is 13.3 Å². The molecule has 1 unspecified atom stereocenters. The van der Waals surface area contributed by atoms with E-state index in [1.54, 1.807) is 0 Å². The summed E-state index contributed by atoms with van der Waals surface area (Å²) in [6.07, 6.45) is 1.24. The highest BCUT2D eigenvalue weighted by atomic mass is 31.2. The second-order valence-corrected chi connectivity index (χ2v) is 6.02. The lowest BCUT2D eigenvalue weighted by Gasteiger charge is -2.11. The van der Waals surface area contributed by atoms with Gasteiger partial charge in [-0.3, -0.25) is 4.57 Å². The van der Waals surface area contributed by atoms with Gasteiger partial charge in [-0.05, 0) is 18.5 Å². The van der Waals surface area contributed by atoms with E-state index in [0.29, 0.717) is 12.6 Å². The van der Waals surface area contributed by atoms with Gasteiger partial charge < -0.3 is 10.2 Å². The molecule has 0 bridgehead atoms. The van der Waals surface area contributed by atoms with Crippen molar-refractivity contribution in [3.63, 3.8) is 0 Å². The van der Waals surface area contributed by atoms with Gasteiger partial charge in [0.1, 0.15) is 0 Å². The van der Waals surface area contributed by atoms with Gasteiger partial charge in [-0.15, -0.1) is 0 Å². The van der Waals surface area contributed by atoms with Crippen LogP contribution in [0.5, 0.6) is 0 Å². The van der Waals surface area contributed by atoms with Gasteiger partial charge in [-0.25, -0.2) is 0 Å². The number of nitrogens with one attached hydrogen (secondary N) is 1. The molecular formula is C11H18NO2P. The first-order valence-electron chi connectivity index (χ1n) is 5.19. The molecule has 0 heterocycles. The zero-order chi connectivity index (χ0) is 11.1. The van der Waals surface area contributed by atoms with E-state index in [4.69, 9.17) is 0 Å². The van der Waals surface area contributed by atoms with Crippen LogP contribution in [0, 0.1) is 0 Å². The van der Waals surface area contributed by atoms with Crippen molar-refractivity contribution in [2.24, 2.45) is 0 Å². The van der Waals surface area contributed by atoms with Crippen molar-refractivity contribution < 1.29 is 9.46 Å². The van der Waals surface area contributed by atoms with Gasteiger partial charge in [-0.1, -0.05) is 37.3 Å². The summed E-state index contributed by atoms with van der Waals surface area (Å²) in [5.74, 6) is 0. The molecule has 1 atom stereocenters. The fraction of sp³-hybridized carbons (Fsp3) is 0.455. The molecule has 0 aliphatic heterocycles. The lowest BCUT2D eigenvalue weighted by molar-refractivity contribution is 0.472. The van der Waals surface area contributed by atoms with Crippen LogP contribution >= 0.6 is 7.37 Å². The van der Waals surface area contributed by atoms with E-state index in [1.165, 1.54) is 0 Å². The Balaban J connectivity index is 2.39. The zero-order valence-corrected chi connectivity index (χ0v) is 9.91. The second kappa shape index (κ2) is 6.06. The number of hydrogen-bond acceptors (Lipinski definition) is 2. The van der Waals surface area contributed by atoms with Gasteiger partial charge in [0.05, 0.1) is 6.29 Å². The fourth-order valence-electron chi connectivity index (χ4n) is 1.31. The van der Waals surface area contributed by atoms with Crippen molar-refractivity contribution in [1.29, 1.82) is 0 Å². The van der Waals surface area contributed by atoms with E-state index < -0.39 is 7.37 Å². The fourth-order valence-corrected chi connectivity index (χ4v) is 2.65. The molecule has 84 valence electrons. The van der Waals surface area contributed by atoms with E-state index in [0.717, 1.165) is 12.1 Å². The van der Waals surface area contributed by atoms with E-state index in [2.05, 4.69) is 5.32 Å². The van der Waals surface area contributed by atoms with Gasteiger partial charge in [0.15, 0.2) is 0 Å². The SMILES string of the molecule is CCNCP(=O)(O)CCc1ccccc1. The molecule has 0 aliphatic carbocycles. The van der Waals surface area contributed by atoms with E-state index in [-0.39, 0.29) is 6.29 Å². The number of hydrogen-bond donors (Lipinski definition) is 2. The van der Waals surface area contributed by atoms with Gasteiger partial charge in [-0.2, -0.15) is 0 Å². The summed E-state index contributed by atoms with van der Waals surface area (Å²) >= 11 is 0. The highest BCUT2D eigenvalue weighted by Gasteiger charge is 2.16. The largest absolute Gasteiger partial charge is 0.343 e. The number of aryl methyl sites for hydroxylation is 1. The van der Waals surface area contributed by atoms with E-state index >= 15 is 0 Å². The topological polar surface area (TPSA) is 49.3 Å². The van der Waals surface area contributed by atoms with Crippen molar-refractivity contribution in [3.8, 4) is 0 Å². The molecule has 3 nitrogen and oxygen atoms in total. The van der Waals surface area contributed by atoms with Crippen LogP contribution in [0.1, 0.15) is 12.5 Å². The normalized spacial score (nSPS) is 14.8. The predicted octanol–water partition coefficient (Wildman–Crippen LogP) is 2.07. The first-order chi connectivity index (χ1) is 7.14. The van der Waals surface area contributed by atoms with Gasteiger partial charge >= 0.3 is 0 Å². The maximum atomic E-state index is 11.6. The minimum atomic E-state index is -2.99. The Hall–Kier alpha value is -0.630. The minimum absolute atomic E-state index is 0.219. The summed E-state index contributed by atoms with van der Waals surface area (Å²) in [6.45, 7) is 2.66.